The van der Waals surface area contributed by atoms with Gasteiger partial charge in [0.25, 0.3) is 5.91 Å². The monoisotopic (exact) mass is 440 g/mol. The Hall–Kier alpha value is -3.09. The van der Waals surface area contributed by atoms with Gasteiger partial charge in [-0.2, -0.15) is 0 Å². The standard InChI is InChI=1S/C25H29FN2O4/c26-20-8-5-18(6-9-20)24(30)27-13-3-4-23(29)28-17-25(11-1-2-12-25)19-7-10-21-22(16-19)32-15-14-31-21/h5-10,16H,1-4,11-15,17H2,(H,27,30)(H,28,29). The number of ether oxygens (including phenoxy) is 2. The van der Waals surface area contributed by atoms with Crippen molar-refractivity contribution in [1.82, 2.24) is 10.6 Å². The van der Waals surface area contributed by atoms with Gasteiger partial charge in [0.1, 0.15) is 19.0 Å². The molecule has 0 aromatic heterocycles. The highest BCUT2D eigenvalue weighted by molar-refractivity contribution is 5.94. The van der Waals surface area contributed by atoms with E-state index in [9.17, 15) is 14.0 Å². The van der Waals surface area contributed by atoms with Crippen LogP contribution in [0.15, 0.2) is 42.5 Å². The zero-order valence-corrected chi connectivity index (χ0v) is 18.1. The highest BCUT2D eigenvalue weighted by atomic mass is 19.1. The predicted molar refractivity (Wildman–Crippen MR) is 119 cm³/mol. The van der Waals surface area contributed by atoms with Gasteiger partial charge in [0.15, 0.2) is 11.5 Å². The fourth-order valence-electron chi connectivity index (χ4n) is 4.50. The first kappa shape index (κ1) is 22.1. The second kappa shape index (κ2) is 10.0. The summed E-state index contributed by atoms with van der Waals surface area (Å²) in [6, 6.07) is 11.5. The zero-order chi connectivity index (χ0) is 22.4. The summed E-state index contributed by atoms with van der Waals surface area (Å²) in [5, 5.41) is 5.87. The summed E-state index contributed by atoms with van der Waals surface area (Å²) in [4.78, 5) is 24.5. The van der Waals surface area contributed by atoms with E-state index in [0.29, 0.717) is 44.7 Å². The van der Waals surface area contributed by atoms with Crippen LogP contribution in [0.1, 0.15) is 54.4 Å². The minimum Gasteiger partial charge on any atom is -0.486 e. The second-order valence-electron chi connectivity index (χ2n) is 8.49. The van der Waals surface area contributed by atoms with E-state index in [1.165, 1.54) is 29.8 Å². The van der Waals surface area contributed by atoms with Gasteiger partial charge in [-0.05, 0) is 61.2 Å². The van der Waals surface area contributed by atoms with Crippen LogP contribution in [0.2, 0.25) is 0 Å². The Balaban J connectivity index is 1.25. The molecule has 0 spiro atoms. The van der Waals surface area contributed by atoms with Crippen molar-refractivity contribution in [1.29, 1.82) is 0 Å². The molecule has 170 valence electrons. The second-order valence-corrected chi connectivity index (χ2v) is 8.49. The molecule has 1 heterocycles. The third kappa shape index (κ3) is 5.21. The lowest BCUT2D eigenvalue weighted by molar-refractivity contribution is -0.121. The molecule has 2 N–H and O–H groups in total. The van der Waals surface area contributed by atoms with Crippen LogP contribution in [0, 0.1) is 5.82 Å². The topological polar surface area (TPSA) is 76.7 Å². The zero-order valence-electron chi connectivity index (χ0n) is 18.1. The number of carbonyl (C=O) groups excluding carboxylic acids is 2. The summed E-state index contributed by atoms with van der Waals surface area (Å²) in [6.45, 7) is 2.10. The molecule has 0 atom stereocenters. The number of hydrogen-bond donors (Lipinski definition) is 2. The predicted octanol–water partition coefficient (Wildman–Crippen LogP) is 3.74. The molecule has 1 aliphatic carbocycles. The smallest absolute Gasteiger partial charge is 0.251 e. The number of fused-ring (bicyclic) bond motifs is 1. The number of amides is 2. The van der Waals surface area contributed by atoms with Gasteiger partial charge in [0.2, 0.25) is 5.91 Å². The first-order chi connectivity index (χ1) is 15.6. The maximum atomic E-state index is 13.0. The van der Waals surface area contributed by atoms with Gasteiger partial charge in [-0.25, -0.2) is 4.39 Å². The summed E-state index contributed by atoms with van der Waals surface area (Å²) >= 11 is 0. The van der Waals surface area contributed by atoms with Crippen molar-refractivity contribution < 1.29 is 23.5 Å². The molecule has 2 aliphatic rings. The van der Waals surface area contributed by atoms with Crippen molar-refractivity contribution in [2.24, 2.45) is 0 Å². The minimum absolute atomic E-state index is 0.0233. The van der Waals surface area contributed by atoms with Crippen LogP contribution < -0.4 is 20.1 Å². The van der Waals surface area contributed by atoms with Crippen molar-refractivity contribution in [3.63, 3.8) is 0 Å². The fourth-order valence-corrected chi connectivity index (χ4v) is 4.50. The van der Waals surface area contributed by atoms with Crippen molar-refractivity contribution >= 4 is 11.8 Å². The van der Waals surface area contributed by atoms with E-state index in [1.54, 1.807) is 0 Å². The summed E-state index contributed by atoms with van der Waals surface area (Å²) < 4.78 is 24.3. The number of hydrogen-bond acceptors (Lipinski definition) is 4. The summed E-state index contributed by atoms with van der Waals surface area (Å²) in [7, 11) is 0. The molecule has 0 bridgehead atoms. The van der Waals surface area contributed by atoms with Crippen molar-refractivity contribution in [2.45, 2.75) is 43.9 Å². The number of benzene rings is 2. The molecular weight excluding hydrogens is 411 g/mol. The van der Waals surface area contributed by atoms with Crippen LogP contribution in [0.5, 0.6) is 11.5 Å². The first-order valence-corrected chi connectivity index (χ1v) is 11.3. The molecule has 2 aromatic carbocycles. The molecule has 6 nitrogen and oxygen atoms in total. The molecule has 1 saturated carbocycles. The fraction of sp³-hybridized carbons (Fsp3) is 0.440. The van der Waals surface area contributed by atoms with E-state index < -0.39 is 0 Å². The van der Waals surface area contributed by atoms with Gasteiger partial charge in [-0.3, -0.25) is 9.59 Å². The number of nitrogens with one attached hydrogen (secondary N) is 2. The first-order valence-electron chi connectivity index (χ1n) is 11.3. The molecule has 1 fully saturated rings. The van der Waals surface area contributed by atoms with E-state index in [1.807, 2.05) is 6.07 Å². The number of halogens is 1. The average molecular weight is 441 g/mol. The average Bonchev–Trinajstić information content (AvgIpc) is 3.31. The van der Waals surface area contributed by atoms with Gasteiger partial charge in [-0.15, -0.1) is 0 Å². The van der Waals surface area contributed by atoms with Crippen molar-refractivity contribution in [3.8, 4) is 11.5 Å². The van der Waals surface area contributed by atoms with Crippen molar-refractivity contribution in [3.05, 3.63) is 59.4 Å². The van der Waals surface area contributed by atoms with Crippen molar-refractivity contribution in [2.75, 3.05) is 26.3 Å². The number of rotatable bonds is 8. The highest BCUT2D eigenvalue weighted by Crippen LogP contribution is 2.43. The molecule has 0 radical (unpaired) electrons. The maximum absolute atomic E-state index is 13.0. The van der Waals surface area contributed by atoms with Crippen LogP contribution in [-0.2, 0) is 10.2 Å². The molecule has 2 amide bonds. The lowest BCUT2D eigenvalue weighted by Gasteiger charge is -2.31. The lowest BCUT2D eigenvalue weighted by atomic mass is 9.78. The third-order valence-corrected chi connectivity index (χ3v) is 6.31. The Morgan fingerprint density at radius 1 is 0.938 bits per heavy atom. The quantitative estimate of drug-likeness (QED) is 0.614. The molecule has 7 heteroatoms. The number of carbonyl (C=O) groups is 2. The van der Waals surface area contributed by atoms with E-state index >= 15 is 0 Å². The molecule has 32 heavy (non-hydrogen) atoms. The Morgan fingerprint density at radius 2 is 1.66 bits per heavy atom. The van der Waals surface area contributed by atoms with Gasteiger partial charge in [-0.1, -0.05) is 18.9 Å². The normalized spacial score (nSPS) is 16.4. The van der Waals surface area contributed by atoms with Gasteiger partial charge in [0, 0.05) is 30.5 Å². The summed E-state index contributed by atoms with van der Waals surface area (Å²) in [5.41, 5.74) is 1.51. The molecule has 0 unspecified atom stereocenters. The minimum atomic E-state index is -0.380. The van der Waals surface area contributed by atoms with Crippen LogP contribution >= 0.6 is 0 Å². The van der Waals surface area contributed by atoms with Gasteiger partial charge in [0.05, 0.1) is 0 Å². The van der Waals surface area contributed by atoms with Crippen LogP contribution in [0.25, 0.3) is 0 Å². The molecule has 1 aliphatic heterocycles. The SMILES string of the molecule is O=C(CCCNC(=O)c1ccc(F)cc1)NCC1(c2ccc3c(c2)OCCO3)CCCC1. The van der Waals surface area contributed by atoms with E-state index in [-0.39, 0.29) is 23.0 Å². The largest absolute Gasteiger partial charge is 0.486 e. The van der Waals surface area contributed by atoms with Crippen LogP contribution in [0.3, 0.4) is 0 Å². The summed E-state index contributed by atoms with van der Waals surface area (Å²) in [6.07, 6.45) is 5.21. The third-order valence-electron chi connectivity index (χ3n) is 6.31. The van der Waals surface area contributed by atoms with Gasteiger partial charge >= 0.3 is 0 Å². The summed E-state index contributed by atoms with van der Waals surface area (Å²) in [5.74, 6) is 0.886. The van der Waals surface area contributed by atoms with E-state index in [2.05, 4.69) is 22.8 Å². The Kier molecular flexibility index (Phi) is 6.93. The van der Waals surface area contributed by atoms with E-state index in [0.717, 1.165) is 37.2 Å². The molecule has 2 aromatic rings. The lowest BCUT2D eigenvalue weighted by Crippen LogP contribution is -2.39. The van der Waals surface area contributed by atoms with Crippen LogP contribution in [-0.4, -0.2) is 38.1 Å². The molecular formula is C25H29FN2O4. The molecule has 4 rings (SSSR count). The van der Waals surface area contributed by atoms with Crippen LogP contribution in [0.4, 0.5) is 4.39 Å². The van der Waals surface area contributed by atoms with E-state index in [4.69, 9.17) is 9.47 Å². The highest BCUT2D eigenvalue weighted by Gasteiger charge is 2.36. The Bertz CT molecular complexity index is 955. The maximum Gasteiger partial charge on any atom is 0.251 e. The molecule has 0 saturated heterocycles. The van der Waals surface area contributed by atoms with Gasteiger partial charge < -0.3 is 20.1 Å². The Morgan fingerprint density at radius 3 is 2.41 bits per heavy atom. The Labute approximate surface area is 187 Å².